The van der Waals surface area contributed by atoms with E-state index in [0.717, 1.165) is 43.4 Å². The smallest absolute Gasteiger partial charge is 0.276 e. The highest BCUT2D eigenvalue weighted by atomic mass is 32.1. The van der Waals surface area contributed by atoms with Gasteiger partial charge in [0.15, 0.2) is 10.3 Å². The number of nitrogens with zero attached hydrogens (tertiary/aromatic N) is 3. The summed E-state index contributed by atoms with van der Waals surface area (Å²) in [5.74, 6) is -0.858. The molecular formula is C33H17N5O2S2. The number of hydrogen-bond donors (Lipinski definition) is 2. The van der Waals surface area contributed by atoms with Crippen LogP contribution < -0.4 is 10.6 Å². The van der Waals surface area contributed by atoms with Crippen LogP contribution in [0.3, 0.4) is 0 Å². The van der Waals surface area contributed by atoms with Gasteiger partial charge in [0.25, 0.3) is 11.8 Å². The summed E-state index contributed by atoms with van der Waals surface area (Å²) < 4.78 is 0. The molecule has 0 spiro atoms. The van der Waals surface area contributed by atoms with Crippen molar-refractivity contribution in [3.8, 4) is 43.4 Å². The van der Waals surface area contributed by atoms with Gasteiger partial charge >= 0.3 is 0 Å². The Morgan fingerprint density at radius 1 is 0.500 bits per heavy atom. The normalized spacial score (nSPS) is 12.0. The minimum atomic E-state index is -0.429. The second-order valence-corrected chi connectivity index (χ2v) is 12.1. The summed E-state index contributed by atoms with van der Waals surface area (Å²) in [6.45, 7) is 0. The number of carbonyl (C=O) groups is 2. The van der Waals surface area contributed by atoms with E-state index >= 15 is 0 Å². The predicted molar refractivity (Wildman–Crippen MR) is 168 cm³/mol. The number of anilines is 2. The number of thiazole rings is 2. The van der Waals surface area contributed by atoms with E-state index in [4.69, 9.17) is 9.97 Å². The Kier molecular flexibility index (Phi) is 4.82. The Hall–Kier alpha value is -5.25. The van der Waals surface area contributed by atoms with Crippen molar-refractivity contribution >= 4 is 66.3 Å². The number of fused-ring (bicyclic) bond motifs is 6. The third kappa shape index (κ3) is 3.35. The van der Waals surface area contributed by atoms with Crippen LogP contribution in [-0.4, -0.2) is 26.8 Å². The summed E-state index contributed by atoms with van der Waals surface area (Å²) in [4.78, 5) is 42.2. The average molecular weight is 580 g/mol. The lowest BCUT2D eigenvalue weighted by atomic mass is 10.0. The molecule has 42 heavy (non-hydrogen) atoms. The summed E-state index contributed by atoms with van der Waals surface area (Å²) in [6, 6.07) is 29.6. The van der Waals surface area contributed by atoms with Crippen LogP contribution in [0.25, 0.3) is 64.9 Å². The first-order valence-electron chi connectivity index (χ1n) is 13.3. The van der Waals surface area contributed by atoms with Crippen LogP contribution in [0.1, 0.15) is 21.0 Å². The number of carbonyl (C=O) groups excluding carboxylic acids is 2. The van der Waals surface area contributed by atoms with E-state index in [-0.39, 0.29) is 11.4 Å². The standard InChI is InChI=1S/C33H17N5O2S2/c39-30(37-32-35-26-18-10-1-6-16-8-3-12-20(24(16)18)28(26)41-32)22-14-5-15-23(34-22)31(40)38-33-36-27-19-11-2-7-17-9-4-13-21(25(17)19)29(27)42-33/h1-15H,(H,35,37,39)(H,36,38,40). The first kappa shape index (κ1) is 23.5. The first-order valence-corrected chi connectivity index (χ1v) is 14.9. The molecule has 7 aromatic rings. The molecule has 0 fully saturated rings. The van der Waals surface area contributed by atoms with Crippen LogP contribution >= 0.6 is 22.7 Å². The van der Waals surface area contributed by atoms with Gasteiger partial charge in [-0.2, -0.15) is 0 Å². The van der Waals surface area contributed by atoms with Crippen molar-refractivity contribution in [2.45, 2.75) is 0 Å². The number of amides is 2. The molecular weight excluding hydrogens is 563 g/mol. The molecule has 2 N–H and O–H groups in total. The molecule has 0 aliphatic heterocycles. The highest BCUT2D eigenvalue weighted by molar-refractivity contribution is 7.20. The van der Waals surface area contributed by atoms with Crippen LogP contribution in [0.5, 0.6) is 0 Å². The fourth-order valence-electron chi connectivity index (χ4n) is 5.94. The minimum absolute atomic E-state index is 0.128. The zero-order chi connectivity index (χ0) is 27.9. The molecule has 9 rings (SSSR count). The second-order valence-electron chi connectivity index (χ2n) is 10.1. The Morgan fingerprint density at radius 3 is 1.36 bits per heavy atom. The van der Waals surface area contributed by atoms with E-state index in [1.54, 1.807) is 18.2 Å². The van der Waals surface area contributed by atoms with E-state index in [1.807, 2.05) is 24.3 Å². The summed E-state index contributed by atoms with van der Waals surface area (Å²) >= 11 is 2.87. The maximum Gasteiger partial charge on any atom is 0.276 e. The maximum atomic E-state index is 13.2. The van der Waals surface area contributed by atoms with Gasteiger partial charge in [0.2, 0.25) is 0 Å². The van der Waals surface area contributed by atoms with Gasteiger partial charge in [-0.25, -0.2) is 15.0 Å². The molecule has 2 aliphatic rings. The number of rotatable bonds is 4. The van der Waals surface area contributed by atoms with Crippen LogP contribution in [0.15, 0.2) is 91.0 Å². The lowest BCUT2D eigenvalue weighted by Crippen LogP contribution is -2.18. The van der Waals surface area contributed by atoms with Crippen molar-refractivity contribution < 1.29 is 9.59 Å². The Balaban J connectivity index is 0.956. The maximum absolute atomic E-state index is 13.2. The zero-order valence-electron chi connectivity index (χ0n) is 21.6. The van der Waals surface area contributed by atoms with E-state index in [9.17, 15) is 9.59 Å². The fraction of sp³-hybridized carbons (Fsp3) is 0. The monoisotopic (exact) mass is 579 g/mol. The number of hydrogen-bond acceptors (Lipinski definition) is 7. The molecule has 7 nitrogen and oxygen atoms in total. The van der Waals surface area contributed by atoms with E-state index < -0.39 is 11.8 Å². The van der Waals surface area contributed by atoms with E-state index in [2.05, 4.69) is 64.1 Å². The molecule has 0 saturated heterocycles. The van der Waals surface area contributed by atoms with Gasteiger partial charge in [-0.05, 0) is 33.7 Å². The van der Waals surface area contributed by atoms with Crippen molar-refractivity contribution in [3.63, 3.8) is 0 Å². The molecule has 4 aromatic carbocycles. The number of benzene rings is 4. The predicted octanol–water partition coefficient (Wildman–Crippen LogP) is 8.10. The summed E-state index contributed by atoms with van der Waals surface area (Å²) in [5, 5.41) is 11.5. The number of nitrogens with one attached hydrogen (secondary N) is 2. The summed E-state index contributed by atoms with van der Waals surface area (Å²) in [7, 11) is 0. The Labute approximate surface area is 246 Å². The van der Waals surface area contributed by atoms with Crippen LogP contribution in [0, 0.1) is 0 Å². The van der Waals surface area contributed by atoms with Gasteiger partial charge in [0.1, 0.15) is 11.4 Å². The van der Waals surface area contributed by atoms with Gasteiger partial charge in [0.05, 0.1) is 21.1 Å². The van der Waals surface area contributed by atoms with Crippen molar-refractivity contribution in [3.05, 3.63) is 102 Å². The third-order valence-electron chi connectivity index (χ3n) is 7.72. The van der Waals surface area contributed by atoms with Gasteiger partial charge < -0.3 is 0 Å². The zero-order valence-corrected chi connectivity index (χ0v) is 23.3. The molecule has 3 heterocycles. The average Bonchev–Trinajstić information content (AvgIpc) is 3.76. The third-order valence-corrected chi connectivity index (χ3v) is 9.73. The number of aromatic nitrogens is 3. The molecule has 0 saturated carbocycles. The quantitative estimate of drug-likeness (QED) is 0.220. The molecule has 0 radical (unpaired) electrons. The largest absolute Gasteiger partial charge is 0.296 e. The second kappa shape index (κ2) is 8.62. The molecule has 198 valence electrons. The highest BCUT2D eigenvalue weighted by Crippen LogP contribution is 2.51. The number of pyridine rings is 1. The molecule has 2 aliphatic carbocycles. The highest BCUT2D eigenvalue weighted by Gasteiger charge is 2.28. The van der Waals surface area contributed by atoms with Crippen molar-refractivity contribution in [1.29, 1.82) is 0 Å². The first-order chi connectivity index (χ1) is 20.6. The topological polar surface area (TPSA) is 96.9 Å². The molecule has 3 aromatic heterocycles. The minimum Gasteiger partial charge on any atom is -0.296 e. The summed E-state index contributed by atoms with van der Waals surface area (Å²) in [6.07, 6.45) is 0. The molecule has 0 bridgehead atoms. The fourth-order valence-corrected chi connectivity index (χ4v) is 7.96. The molecule has 9 heteroatoms. The van der Waals surface area contributed by atoms with E-state index in [1.165, 1.54) is 44.2 Å². The van der Waals surface area contributed by atoms with Gasteiger partial charge in [-0.1, -0.05) is 102 Å². The van der Waals surface area contributed by atoms with E-state index in [0.29, 0.717) is 10.3 Å². The molecule has 0 atom stereocenters. The van der Waals surface area contributed by atoms with Crippen LogP contribution in [-0.2, 0) is 0 Å². The SMILES string of the molecule is O=C(Nc1nc2c(s1)-c1cccc3cccc-2c13)c1cccc(C(=O)Nc2nc3c(s2)-c2cccc4cccc-3c24)n1. The van der Waals surface area contributed by atoms with Crippen molar-refractivity contribution in [2.75, 3.05) is 10.6 Å². The Bertz CT molecular complexity index is 2050. The van der Waals surface area contributed by atoms with Gasteiger partial charge in [-0.3, -0.25) is 20.2 Å². The van der Waals surface area contributed by atoms with Gasteiger partial charge in [-0.15, -0.1) is 0 Å². The lowest BCUT2D eigenvalue weighted by molar-refractivity contribution is 0.101. The lowest BCUT2D eigenvalue weighted by Gasteiger charge is -2.06. The molecule has 0 unspecified atom stereocenters. The molecule has 2 amide bonds. The Morgan fingerprint density at radius 2 is 0.905 bits per heavy atom. The van der Waals surface area contributed by atoms with Crippen molar-refractivity contribution in [2.24, 2.45) is 0 Å². The van der Waals surface area contributed by atoms with Crippen LogP contribution in [0.4, 0.5) is 10.3 Å². The van der Waals surface area contributed by atoms with Gasteiger partial charge in [0, 0.05) is 22.3 Å². The van der Waals surface area contributed by atoms with Crippen LogP contribution in [0.2, 0.25) is 0 Å². The summed E-state index contributed by atoms with van der Waals surface area (Å²) in [5.41, 5.74) is 6.39. The van der Waals surface area contributed by atoms with Crippen molar-refractivity contribution in [1.82, 2.24) is 15.0 Å².